The van der Waals surface area contributed by atoms with Gasteiger partial charge in [0.25, 0.3) is 0 Å². The number of nitrogens with zero attached hydrogens (tertiary/aromatic N) is 1. The Bertz CT molecular complexity index is 1470. The van der Waals surface area contributed by atoms with Gasteiger partial charge in [-0.15, -0.1) is 0 Å². The summed E-state index contributed by atoms with van der Waals surface area (Å²) in [6.07, 6.45) is -19.5. The molecular weight excluding hydrogens is 884 g/mol. The van der Waals surface area contributed by atoms with Crippen LogP contribution in [-0.4, -0.2) is 244 Å². The lowest BCUT2D eigenvalue weighted by Crippen LogP contribution is -2.57. The molecule has 3 aliphatic heterocycles. The van der Waals surface area contributed by atoms with Crippen molar-refractivity contribution in [1.82, 2.24) is 26.2 Å². The molecule has 17 atom stereocenters. The first-order valence-electron chi connectivity index (χ1n) is 22.2. The molecule has 66 heavy (non-hydrogen) atoms. The summed E-state index contributed by atoms with van der Waals surface area (Å²) in [6.45, 7) is 3.59. The zero-order valence-corrected chi connectivity index (χ0v) is 37.8. The van der Waals surface area contributed by atoms with Crippen LogP contribution in [0.25, 0.3) is 0 Å². The molecule has 3 rings (SSSR count). The summed E-state index contributed by atoms with van der Waals surface area (Å²) in [5.41, 5.74) is 5.63. The molecule has 0 aliphatic carbocycles. The van der Waals surface area contributed by atoms with Crippen molar-refractivity contribution >= 4 is 29.4 Å². The lowest BCUT2D eigenvalue weighted by Gasteiger charge is -2.38. The number of rotatable bonds is 27. The Hall–Kier alpha value is -3.13. The molecule has 3 saturated heterocycles. The van der Waals surface area contributed by atoms with Gasteiger partial charge in [0, 0.05) is 26.1 Å². The average molecular weight is 957 g/mol. The van der Waals surface area contributed by atoms with E-state index in [0.29, 0.717) is 19.4 Å². The molecule has 1 unspecified atom stereocenters. The van der Waals surface area contributed by atoms with Crippen LogP contribution in [0.5, 0.6) is 0 Å². The third-order valence-corrected chi connectivity index (χ3v) is 11.4. The number of carbonyl (C=O) groups is 5. The number of amides is 4. The molecule has 3 aliphatic rings. The van der Waals surface area contributed by atoms with Crippen molar-refractivity contribution in [3.63, 3.8) is 0 Å². The van der Waals surface area contributed by atoms with E-state index in [1.54, 1.807) is 0 Å². The predicted molar refractivity (Wildman–Crippen MR) is 224 cm³/mol. The highest BCUT2D eigenvalue weighted by Gasteiger charge is 2.44. The van der Waals surface area contributed by atoms with Crippen molar-refractivity contribution < 1.29 is 98.4 Å². The van der Waals surface area contributed by atoms with Crippen LogP contribution in [0.1, 0.15) is 59.8 Å². The fourth-order valence-corrected chi connectivity index (χ4v) is 7.28. The highest BCUT2D eigenvalue weighted by molar-refractivity contribution is 5.91. The predicted octanol–water partition coefficient (Wildman–Crippen LogP) is -7.48. The first-order valence-corrected chi connectivity index (χ1v) is 22.2. The van der Waals surface area contributed by atoms with Crippen LogP contribution in [0.4, 0.5) is 0 Å². The van der Waals surface area contributed by atoms with E-state index in [0.717, 1.165) is 0 Å². The Kier molecular flexibility index (Phi) is 24.6. The highest BCUT2D eigenvalue weighted by atomic mass is 16.7. The Balaban J connectivity index is 1.74. The van der Waals surface area contributed by atoms with Crippen molar-refractivity contribution in [2.24, 2.45) is 5.73 Å². The van der Waals surface area contributed by atoms with E-state index >= 15 is 0 Å². The highest BCUT2D eigenvalue weighted by Crippen LogP contribution is 2.24. The molecule has 15 N–H and O–H groups in total. The minimum Gasteiger partial charge on any atom is -0.388 e. The van der Waals surface area contributed by atoms with Crippen LogP contribution in [0.3, 0.4) is 0 Å². The van der Waals surface area contributed by atoms with Crippen molar-refractivity contribution in [2.45, 2.75) is 164 Å². The van der Waals surface area contributed by atoms with E-state index in [2.05, 4.69) is 21.3 Å². The normalized spacial score (nSPS) is 33.4. The van der Waals surface area contributed by atoms with Gasteiger partial charge in [-0.1, -0.05) is 0 Å². The SMILES string of the molecule is CC(=O)[C@H](CCCCN)NC(=O)C(CCC(=O)NCCO[C@@H]1O[C@@H](C)[C@@H](O)[C@@H](O)[C@@H]1O)N(CC(=O)NCCO[C@@H]1O[C@@H](C)[C@@H](O)[C@@H](O)[C@@H]1O)CC(=O)NCCO[C@@H]1O[C@@H](C)[C@@H](O)[C@@H](O)[C@@H]1O. The Morgan fingerprint density at radius 1 is 0.561 bits per heavy atom. The number of aliphatic hydroxyl groups is 9. The van der Waals surface area contributed by atoms with Crippen molar-refractivity contribution in [3.05, 3.63) is 0 Å². The van der Waals surface area contributed by atoms with Gasteiger partial charge in [-0.05, 0) is 59.9 Å². The van der Waals surface area contributed by atoms with Gasteiger partial charge in [-0.2, -0.15) is 0 Å². The quantitative estimate of drug-likeness (QED) is 0.0340. The van der Waals surface area contributed by atoms with Crippen LogP contribution in [0.2, 0.25) is 0 Å². The smallest absolute Gasteiger partial charge is 0.237 e. The van der Waals surface area contributed by atoms with Crippen LogP contribution in [0, 0.1) is 0 Å². The summed E-state index contributed by atoms with van der Waals surface area (Å²) >= 11 is 0. The average Bonchev–Trinajstić information content (AvgIpc) is 3.27. The number of ketones is 1. The summed E-state index contributed by atoms with van der Waals surface area (Å²) < 4.78 is 32.6. The molecule has 382 valence electrons. The van der Waals surface area contributed by atoms with E-state index in [9.17, 15) is 69.9 Å². The molecule has 4 amide bonds. The molecule has 26 nitrogen and oxygen atoms in total. The first-order chi connectivity index (χ1) is 31.2. The Morgan fingerprint density at radius 3 is 1.30 bits per heavy atom. The van der Waals surface area contributed by atoms with Gasteiger partial charge in [-0.25, -0.2) is 0 Å². The number of carbonyl (C=O) groups excluding carboxylic acids is 5. The molecule has 0 aromatic heterocycles. The molecule has 0 radical (unpaired) electrons. The summed E-state index contributed by atoms with van der Waals surface area (Å²) in [5, 5.41) is 101. The van der Waals surface area contributed by atoms with E-state index in [-0.39, 0.29) is 64.5 Å². The summed E-state index contributed by atoms with van der Waals surface area (Å²) in [6, 6.07) is -2.37. The maximum Gasteiger partial charge on any atom is 0.237 e. The minimum absolute atomic E-state index is 0.121. The van der Waals surface area contributed by atoms with Gasteiger partial charge >= 0.3 is 0 Å². The lowest BCUT2D eigenvalue weighted by atomic mass is 10.0. The number of hydrogen-bond donors (Lipinski definition) is 14. The van der Waals surface area contributed by atoms with Crippen LogP contribution >= 0.6 is 0 Å². The van der Waals surface area contributed by atoms with Gasteiger partial charge in [0.15, 0.2) is 24.7 Å². The van der Waals surface area contributed by atoms with E-state index in [1.165, 1.54) is 32.6 Å². The van der Waals surface area contributed by atoms with E-state index in [1.807, 2.05) is 0 Å². The Morgan fingerprint density at radius 2 is 0.939 bits per heavy atom. The molecule has 3 heterocycles. The van der Waals surface area contributed by atoms with Gasteiger partial charge in [-0.3, -0.25) is 28.9 Å². The third kappa shape index (κ3) is 17.4. The first kappa shape index (κ1) is 57.2. The topological polar surface area (TPSA) is 400 Å². The van der Waals surface area contributed by atoms with Crippen molar-refractivity contribution in [2.75, 3.05) is 59.1 Å². The summed E-state index contributed by atoms with van der Waals surface area (Å²) in [4.78, 5) is 68.0. The zero-order valence-electron chi connectivity index (χ0n) is 37.8. The van der Waals surface area contributed by atoms with E-state index < -0.39 is 141 Å². The second-order valence-corrected chi connectivity index (χ2v) is 16.6. The number of nitrogens with one attached hydrogen (secondary N) is 4. The minimum atomic E-state index is -1.60. The summed E-state index contributed by atoms with van der Waals surface area (Å²) in [5.74, 6) is -3.23. The molecule has 0 aromatic rings. The molecule has 0 spiro atoms. The summed E-state index contributed by atoms with van der Waals surface area (Å²) in [7, 11) is 0. The Labute approximate surface area is 382 Å². The van der Waals surface area contributed by atoms with Gasteiger partial charge in [0.1, 0.15) is 54.9 Å². The van der Waals surface area contributed by atoms with Crippen molar-refractivity contribution in [1.29, 1.82) is 0 Å². The standard InChI is InChI=1S/C40H72N6O20/c1-19(47)23(7-5-6-10-41)45-37(60)24(8-9-25(48)42-11-14-61-38-34(57)31(54)28(51)20(2)64-38)46(17-26(49)43-12-15-62-39-35(58)32(55)29(52)21(3)65-39)18-27(50)44-13-16-63-40-36(59)33(56)30(53)22(4)66-40/h20-24,28-36,38-40,51-59H,5-18,41H2,1-4H3,(H,42,48)(H,43,49)(H,44,50)(H,45,60)/t20-,21-,22-,23-,24?,28+,29+,30+,31+,32+,33+,34-,35-,36-,38+,39+,40+/m0/s1. The van der Waals surface area contributed by atoms with Crippen LogP contribution in [-0.2, 0) is 52.4 Å². The van der Waals surface area contributed by atoms with Gasteiger partial charge < -0.3 is 101 Å². The number of ether oxygens (including phenoxy) is 6. The lowest BCUT2D eigenvalue weighted by molar-refractivity contribution is -0.292. The molecular formula is C40H72N6O20. The maximum atomic E-state index is 14.1. The third-order valence-electron chi connectivity index (χ3n) is 11.4. The van der Waals surface area contributed by atoms with Gasteiger partial charge in [0.2, 0.25) is 23.6 Å². The number of unbranched alkanes of at least 4 members (excludes halogenated alkanes) is 1. The fraction of sp³-hybridized carbons (Fsp3) is 0.875. The number of Topliss-reactive ketones (excluding diaryl/α,β-unsaturated/α-hetero) is 1. The van der Waals surface area contributed by atoms with Gasteiger partial charge in [0.05, 0.1) is 63.3 Å². The zero-order chi connectivity index (χ0) is 49.2. The maximum absolute atomic E-state index is 14.1. The largest absolute Gasteiger partial charge is 0.388 e. The van der Waals surface area contributed by atoms with Crippen molar-refractivity contribution in [3.8, 4) is 0 Å². The molecule has 0 bridgehead atoms. The van der Waals surface area contributed by atoms with E-state index in [4.69, 9.17) is 34.2 Å². The second-order valence-electron chi connectivity index (χ2n) is 16.6. The molecule has 0 saturated carbocycles. The number of aliphatic hydroxyl groups excluding tert-OH is 9. The molecule has 0 aromatic carbocycles. The molecule has 26 heteroatoms. The fourth-order valence-electron chi connectivity index (χ4n) is 7.28. The second kappa shape index (κ2) is 28.4. The number of nitrogens with two attached hydrogens (primary N) is 1. The van der Waals surface area contributed by atoms with Crippen LogP contribution in [0.15, 0.2) is 0 Å². The van der Waals surface area contributed by atoms with Crippen LogP contribution < -0.4 is 27.0 Å². The monoisotopic (exact) mass is 956 g/mol. The molecule has 3 fully saturated rings. The number of hydrogen-bond acceptors (Lipinski definition) is 22.